The zero-order valence-electron chi connectivity index (χ0n) is 26.5. The van der Waals surface area contributed by atoms with Crippen LogP contribution in [0.3, 0.4) is 0 Å². The highest BCUT2D eigenvalue weighted by Gasteiger charge is 2.42. The lowest BCUT2D eigenvalue weighted by Gasteiger charge is -2.43. The van der Waals surface area contributed by atoms with Crippen molar-refractivity contribution in [1.29, 1.82) is 0 Å². The number of pyridine rings is 2. The van der Waals surface area contributed by atoms with E-state index in [9.17, 15) is 13.5 Å². The molecule has 0 spiro atoms. The Balaban J connectivity index is 1.15. The molecule has 1 fully saturated rings. The maximum Gasteiger partial charge on any atom is 0.243 e. The zero-order chi connectivity index (χ0) is 33.6. The number of benzene rings is 4. The number of hydrogen-bond acceptors (Lipinski definition) is 8. The Morgan fingerprint density at radius 2 is 1.41 bits per heavy atom. The van der Waals surface area contributed by atoms with Gasteiger partial charge in [-0.15, -0.1) is 11.8 Å². The minimum Gasteiger partial charge on any atom is -0.392 e. The van der Waals surface area contributed by atoms with Gasteiger partial charge in [0.25, 0.3) is 0 Å². The highest BCUT2D eigenvalue weighted by Crippen LogP contribution is 2.48. The SMILES string of the molecule is O=S(=O)(NCc1ccc(C2O[C@H](CSc3ccccn3)[C@@H](c3ccccc3)[C@H](c3ccc(CO)cc3)O2)cc1)c1cccc2cccnc12. The lowest BCUT2D eigenvalue weighted by atomic mass is 9.84. The normalized spacial score (nSPS) is 19.5. The average Bonchev–Trinajstić information content (AvgIpc) is 3.16. The number of ether oxygens (including phenoxy) is 2. The summed E-state index contributed by atoms with van der Waals surface area (Å²) >= 11 is 1.64. The Bertz CT molecular complexity index is 2090. The molecule has 0 bridgehead atoms. The number of fused-ring (bicyclic) bond motifs is 1. The number of sulfonamides is 1. The van der Waals surface area contributed by atoms with Crippen LogP contribution in [0, 0.1) is 0 Å². The first-order valence-corrected chi connectivity index (χ1v) is 18.5. The van der Waals surface area contributed by atoms with E-state index in [2.05, 4.69) is 26.8 Å². The Kier molecular flexibility index (Phi) is 10.1. The number of nitrogens with zero attached hydrogens (tertiary/aromatic N) is 2. The molecule has 4 aromatic carbocycles. The fourth-order valence-corrected chi connectivity index (χ4v) is 8.22. The zero-order valence-corrected chi connectivity index (χ0v) is 28.1. The van der Waals surface area contributed by atoms with Crippen LogP contribution >= 0.6 is 11.8 Å². The van der Waals surface area contributed by atoms with Gasteiger partial charge in [0.1, 0.15) is 4.90 Å². The van der Waals surface area contributed by atoms with Crippen molar-refractivity contribution in [3.05, 3.63) is 168 Å². The number of aromatic nitrogens is 2. The summed E-state index contributed by atoms with van der Waals surface area (Å²) in [4.78, 5) is 8.96. The van der Waals surface area contributed by atoms with Crippen LogP contribution in [0.2, 0.25) is 0 Å². The number of nitrogens with one attached hydrogen (secondary N) is 1. The molecular weight excluding hydrogens is 655 g/mol. The van der Waals surface area contributed by atoms with Gasteiger partial charge >= 0.3 is 0 Å². The molecule has 248 valence electrons. The summed E-state index contributed by atoms with van der Waals surface area (Å²) in [6, 6.07) is 40.4. The van der Waals surface area contributed by atoms with Gasteiger partial charge in [-0.2, -0.15) is 0 Å². The van der Waals surface area contributed by atoms with E-state index in [1.807, 2.05) is 97.1 Å². The van der Waals surface area contributed by atoms with Crippen LogP contribution in [0.15, 0.2) is 150 Å². The van der Waals surface area contributed by atoms with E-state index in [4.69, 9.17) is 9.47 Å². The standard InChI is InChI=1S/C39H35N3O5S2/c43-25-28-16-18-31(19-17-28)38-36(29-8-2-1-3-9-29)33(26-48-35-13-4-5-22-40-35)46-39(47-38)32-20-14-27(15-21-32)24-42-49(44,45)34-12-6-10-30-11-7-23-41-37(30)34/h1-23,33,36,38-39,42-43H,24-26H2/t33-,36-,38+,39?/m1/s1. The molecule has 6 aromatic rings. The van der Waals surface area contributed by atoms with E-state index in [1.165, 1.54) is 0 Å². The van der Waals surface area contributed by atoms with Crippen LogP contribution in [0.4, 0.5) is 0 Å². The number of aliphatic hydroxyl groups is 1. The summed E-state index contributed by atoms with van der Waals surface area (Å²) in [6.45, 7) is 0.0712. The van der Waals surface area contributed by atoms with Gasteiger partial charge in [0.15, 0.2) is 6.29 Å². The predicted octanol–water partition coefficient (Wildman–Crippen LogP) is 7.33. The number of aliphatic hydroxyl groups excluding tert-OH is 1. The molecule has 8 nitrogen and oxygen atoms in total. The van der Waals surface area contributed by atoms with E-state index < -0.39 is 16.3 Å². The summed E-state index contributed by atoms with van der Waals surface area (Å²) in [5.74, 6) is 0.524. The van der Waals surface area contributed by atoms with E-state index in [1.54, 1.807) is 42.4 Å². The Hall–Kier alpha value is -4.42. The van der Waals surface area contributed by atoms with Gasteiger partial charge in [0, 0.05) is 41.6 Å². The molecule has 0 radical (unpaired) electrons. The van der Waals surface area contributed by atoms with Gasteiger partial charge in [0.05, 0.1) is 29.4 Å². The maximum atomic E-state index is 13.3. The van der Waals surface area contributed by atoms with Crippen molar-refractivity contribution >= 4 is 32.7 Å². The lowest BCUT2D eigenvalue weighted by Crippen LogP contribution is -2.38. The molecule has 0 aliphatic carbocycles. The highest BCUT2D eigenvalue weighted by atomic mass is 32.2. The molecule has 2 aromatic heterocycles. The van der Waals surface area contributed by atoms with Gasteiger partial charge < -0.3 is 14.6 Å². The van der Waals surface area contributed by atoms with Crippen molar-refractivity contribution in [2.45, 2.75) is 47.5 Å². The molecule has 4 atom stereocenters. The first-order valence-electron chi connectivity index (χ1n) is 16.0. The summed E-state index contributed by atoms with van der Waals surface area (Å²) in [7, 11) is -3.81. The molecule has 0 saturated carbocycles. The van der Waals surface area contributed by atoms with Gasteiger partial charge in [0.2, 0.25) is 10.0 Å². The van der Waals surface area contributed by atoms with Crippen molar-refractivity contribution in [3.8, 4) is 0 Å². The number of hydrogen-bond donors (Lipinski definition) is 2. The topological polar surface area (TPSA) is 111 Å². The number of thioether (sulfide) groups is 1. The lowest BCUT2D eigenvalue weighted by molar-refractivity contribution is -0.255. The molecule has 1 aliphatic heterocycles. The molecule has 10 heteroatoms. The minimum atomic E-state index is -3.81. The van der Waals surface area contributed by atoms with Crippen LogP contribution < -0.4 is 4.72 Å². The van der Waals surface area contributed by atoms with Gasteiger partial charge in [-0.1, -0.05) is 103 Å². The minimum absolute atomic E-state index is 0.0374. The molecule has 1 unspecified atom stereocenters. The Morgan fingerprint density at radius 3 is 2.16 bits per heavy atom. The largest absolute Gasteiger partial charge is 0.392 e. The predicted molar refractivity (Wildman–Crippen MR) is 190 cm³/mol. The number of rotatable bonds is 11. The van der Waals surface area contributed by atoms with Crippen LogP contribution in [0.25, 0.3) is 10.9 Å². The second-order valence-electron chi connectivity index (χ2n) is 11.8. The Labute approximate surface area is 290 Å². The second kappa shape index (κ2) is 15.0. The van der Waals surface area contributed by atoms with Gasteiger partial charge in [-0.3, -0.25) is 4.98 Å². The Morgan fingerprint density at radius 1 is 0.694 bits per heavy atom. The van der Waals surface area contributed by atoms with E-state index in [0.29, 0.717) is 11.3 Å². The molecule has 49 heavy (non-hydrogen) atoms. The van der Waals surface area contributed by atoms with Crippen LogP contribution in [-0.4, -0.2) is 35.3 Å². The fraction of sp³-hybridized carbons (Fsp3) is 0.179. The molecule has 7 rings (SSSR count). The number of para-hydroxylation sites is 1. The van der Waals surface area contributed by atoms with Crippen molar-refractivity contribution in [3.63, 3.8) is 0 Å². The second-order valence-corrected chi connectivity index (χ2v) is 14.6. The third-order valence-electron chi connectivity index (χ3n) is 8.61. The van der Waals surface area contributed by atoms with Crippen molar-refractivity contribution in [2.75, 3.05) is 5.75 Å². The summed E-state index contributed by atoms with van der Waals surface area (Å²) < 4.78 is 42.9. The first-order chi connectivity index (χ1) is 24.0. The molecule has 1 aliphatic rings. The molecule has 2 N–H and O–H groups in total. The van der Waals surface area contributed by atoms with Crippen LogP contribution in [0.5, 0.6) is 0 Å². The van der Waals surface area contributed by atoms with E-state index >= 15 is 0 Å². The third-order valence-corrected chi connectivity index (χ3v) is 11.1. The summed E-state index contributed by atoms with van der Waals surface area (Å²) in [6.07, 6.45) is 2.12. The third kappa shape index (κ3) is 7.60. The highest BCUT2D eigenvalue weighted by molar-refractivity contribution is 7.99. The van der Waals surface area contributed by atoms with Gasteiger partial charge in [-0.25, -0.2) is 18.1 Å². The molecule has 3 heterocycles. The van der Waals surface area contributed by atoms with Crippen molar-refractivity contribution in [2.24, 2.45) is 0 Å². The average molecular weight is 690 g/mol. The molecule has 1 saturated heterocycles. The monoisotopic (exact) mass is 689 g/mol. The van der Waals surface area contributed by atoms with E-state index in [-0.39, 0.29) is 36.2 Å². The maximum absolute atomic E-state index is 13.3. The van der Waals surface area contributed by atoms with E-state index in [0.717, 1.165) is 38.2 Å². The molecular formula is C39H35N3O5S2. The summed E-state index contributed by atoms with van der Waals surface area (Å²) in [5, 5.41) is 11.4. The van der Waals surface area contributed by atoms with Crippen molar-refractivity contribution < 1.29 is 23.0 Å². The quantitative estimate of drug-likeness (QED) is 0.136. The van der Waals surface area contributed by atoms with Crippen LogP contribution in [-0.2, 0) is 32.6 Å². The summed E-state index contributed by atoms with van der Waals surface area (Å²) in [5.41, 5.74) is 4.96. The fourth-order valence-electron chi connectivity index (χ4n) is 6.09. The van der Waals surface area contributed by atoms with Gasteiger partial charge in [-0.05, 0) is 46.5 Å². The van der Waals surface area contributed by atoms with Crippen molar-refractivity contribution in [1.82, 2.24) is 14.7 Å². The molecule has 0 amide bonds. The first kappa shape index (κ1) is 33.1. The smallest absolute Gasteiger partial charge is 0.243 e. The van der Waals surface area contributed by atoms with Crippen LogP contribution in [0.1, 0.15) is 46.1 Å².